The van der Waals surface area contributed by atoms with Crippen LogP contribution in [-0.4, -0.2) is 18.0 Å². The Bertz CT molecular complexity index is 228. The van der Waals surface area contributed by atoms with Crippen molar-refractivity contribution in [2.45, 2.75) is 57.5 Å². The van der Waals surface area contributed by atoms with Crippen LogP contribution in [0.4, 0.5) is 0 Å². The van der Waals surface area contributed by atoms with Crippen LogP contribution >= 0.6 is 0 Å². The van der Waals surface area contributed by atoms with Gasteiger partial charge in [0, 0.05) is 18.0 Å². The second-order valence-electron chi connectivity index (χ2n) is 5.39. The van der Waals surface area contributed by atoms with Gasteiger partial charge in [0.15, 0.2) is 0 Å². The number of nitrogens with one attached hydrogen (secondary N) is 1. The van der Waals surface area contributed by atoms with E-state index in [0.717, 1.165) is 44.4 Å². The number of carbonyl (C=O) groups is 1. The number of hydrogen-bond donors (Lipinski definition) is 2. The minimum Gasteiger partial charge on any atom is -0.353 e. The second-order valence-corrected chi connectivity index (χ2v) is 5.39. The van der Waals surface area contributed by atoms with Gasteiger partial charge >= 0.3 is 0 Å². The molecule has 0 heterocycles. The number of nitrogens with two attached hydrogens (primary N) is 1. The van der Waals surface area contributed by atoms with Gasteiger partial charge in [-0.15, -0.1) is 0 Å². The van der Waals surface area contributed by atoms with E-state index in [2.05, 4.69) is 12.2 Å². The third-order valence-corrected chi connectivity index (χ3v) is 3.86. The van der Waals surface area contributed by atoms with Crippen LogP contribution < -0.4 is 11.1 Å². The van der Waals surface area contributed by atoms with E-state index < -0.39 is 0 Å². The van der Waals surface area contributed by atoms with Crippen molar-refractivity contribution in [2.24, 2.45) is 17.6 Å². The van der Waals surface area contributed by atoms with Crippen molar-refractivity contribution < 1.29 is 4.79 Å². The first-order valence-corrected chi connectivity index (χ1v) is 6.21. The molecule has 86 valence electrons. The molecule has 2 aliphatic carbocycles. The van der Waals surface area contributed by atoms with E-state index in [0.29, 0.717) is 12.1 Å². The summed E-state index contributed by atoms with van der Waals surface area (Å²) >= 11 is 0. The Hall–Kier alpha value is -0.570. The zero-order chi connectivity index (χ0) is 10.8. The van der Waals surface area contributed by atoms with Gasteiger partial charge in [0.05, 0.1) is 0 Å². The zero-order valence-corrected chi connectivity index (χ0v) is 9.54. The molecule has 0 aromatic heterocycles. The number of amides is 1. The van der Waals surface area contributed by atoms with Crippen molar-refractivity contribution in [2.75, 3.05) is 0 Å². The molecule has 0 spiro atoms. The first-order valence-electron chi connectivity index (χ1n) is 6.21. The monoisotopic (exact) mass is 210 g/mol. The molecule has 0 aromatic carbocycles. The molecule has 0 aromatic rings. The summed E-state index contributed by atoms with van der Waals surface area (Å²) in [6.07, 6.45) is 6.32. The van der Waals surface area contributed by atoms with Crippen molar-refractivity contribution in [1.29, 1.82) is 0 Å². The van der Waals surface area contributed by atoms with E-state index in [9.17, 15) is 4.79 Å². The molecule has 2 rings (SSSR count). The molecule has 0 radical (unpaired) electrons. The van der Waals surface area contributed by atoms with Gasteiger partial charge in [-0.2, -0.15) is 0 Å². The van der Waals surface area contributed by atoms with E-state index in [4.69, 9.17) is 5.73 Å². The molecule has 3 N–H and O–H groups in total. The van der Waals surface area contributed by atoms with Crippen LogP contribution in [0.2, 0.25) is 0 Å². The maximum atomic E-state index is 11.9. The minimum absolute atomic E-state index is 0.237. The molecule has 3 heteroatoms. The lowest BCUT2D eigenvalue weighted by Crippen LogP contribution is -2.46. The molecular weight excluding hydrogens is 188 g/mol. The summed E-state index contributed by atoms with van der Waals surface area (Å²) in [5.74, 6) is 1.31. The highest BCUT2D eigenvalue weighted by Gasteiger charge is 2.30. The lowest BCUT2D eigenvalue weighted by molar-refractivity contribution is -0.127. The van der Waals surface area contributed by atoms with Gasteiger partial charge < -0.3 is 11.1 Å². The molecule has 1 amide bonds. The average molecular weight is 210 g/mol. The molecule has 0 atom stereocenters. The number of carbonyl (C=O) groups excluding carboxylic acids is 1. The molecule has 2 aliphatic rings. The predicted molar refractivity (Wildman–Crippen MR) is 60.3 cm³/mol. The van der Waals surface area contributed by atoms with Crippen LogP contribution in [0.15, 0.2) is 0 Å². The SMILES string of the molecule is CC1CC(NC(=O)C2CCC(N)CC2)C1. The maximum absolute atomic E-state index is 11.9. The maximum Gasteiger partial charge on any atom is 0.223 e. The van der Waals surface area contributed by atoms with Crippen molar-refractivity contribution in [1.82, 2.24) is 5.32 Å². The summed E-state index contributed by atoms with van der Waals surface area (Å²) in [6.45, 7) is 2.24. The van der Waals surface area contributed by atoms with E-state index in [-0.39, 0.29) is 11.8 Å². The van der Waals surface area contributed by atoms with E-state index in [1.807, 2.05) is 0 Å². The summed E-state index contributed by atoms with van der Waals surface area (Å²) < 4.78 is 0. The lowest BCUT2D eigenvalue weighted by Gasteiger charge is -2.35. The van der Waals surface area contributed by atoms with E-state index in [1.165, 1.54) is 0 Å². The van der Waals surface area contributed by atoms with Gasteiger partial charge in [-0.05, 0) is 44.4 Å². The predicted octanol–water partition coefficient (Wildman–Crippen LogP) is 1.42. The Morgan fingerprint density at radius 1 is 1.20 bits per heavy atom. The summed E-state index contributed by atoms with van der Waals surface area (Å²) in [6, 6.07) is 0.792. The van der Waals surface area contributed by atoms with Gasteiger partial charge in [0.2, 0.25) is 5.91 Å². The Morgan fingerprint density at radius 3 is 2.33 bits per heavy atom. The lowest BCUT2D eigenvalue weighted by atomic mass is 9.80. The third-order valence-electron chi connectivity index (χ3n) is 3.86. The largest absolute Gasteiger partial charge is 0.353 e. The standard InChI is InChI=1S/C12H22N2O/c1-8-6-11(7-8)14-12(15)9-2-4-10(13)5-3-9/h8-11H,2-7,13H2,1H3,(H,14,15). The van der Waals surface area contributed by atoms with Crippen LogP contribution in [0.3, 0.4) is 0 Å². The molecule has 2 saturated carbocycles. The third kappa shape index (κ3) is 2.71. The van der Waals surface area contributed by atoms with Crippen molar-refractivity contribution >= 4 is 5.91 Å². The highest BCUT2D eigenvalue weighted by molar-refractivity contribution is 5.79. The first-order chi connectivity index (χ1) is 7.15. The summed E-state index contributed by atoms with van der Waals surface area (Å²) in [5, 5.41) is 3.15. The van der Waals surface area contributed by atoms with Crippen molar-refractivity contribution in [3.63, 3.8) is 0 Å². The quantitative estimate of drug-likeness (QED) is 0.724. The van der Waals surface area contributed by atoms with Gasteiger partial charge in [0.25, 0.3) is 0 Å². The molecular formula is C12H22N2O. The summed E-state index contributed by atoms with van der Waals surface area (Å²) in [5.41, 5.74) is 5.82. The molecule has 15 heavy (non-hydrogen) atoms. The highest BCUT2D eigenvalue weighted by atomic mass is 16.1. The fourth-order valence-electron chi connectivity index (χ4n) is 2.72. The van der Waals surface area contributed by atoms with Gasteiger partial charge in [0.1, 0.15) is 0 Å². The van der Waals surface area contributed by atoms with Crippen molar-refractivity contribution in [3.8, 4) is 0 Å². The Balaban J connectivity index is 1.71. The zero-order valence-electron chi connectivity index (χ0n) is 9.54. The average Bonchev–Trinajstić information content (AvgIpc) is 2.16. The normalized spacial score (nSPS) is 40.7. The van der Waals surface area contributed by atoms with Gasteiger partial charge in [-0.3, -0.25) is 4.79 Å². The molecule has 0 saturated heterocycles. The molecule has 0 unspecified atom stereocenters. The van der Waals surface area contributed by atoms with Gasteiger partial charge in [-0.25, -0.2) is 0 Å². The summed E-state index contributed by atoms with van der Waals surface area (Å²) in [4.78, 5) is 11.9. The van der Waals surface area contributed by atoms with Crippen LogP contribution in [0.1, 0.15) is 45.4 Å². The Kier molecular flexibility index (Phi) is 3.29. The Labute approximate surface area is 91.8 Å². The van der Waals surface area contributed by atoms with Crippen LogP contribution in [0.5, 0.6) is 0 Å². The molecule has 2 fully saturated rings. The van der Waals surface area contributed by atoms with Crippen molar-refractivity contribution in [3.05, 3.63) is 0 Å². The van der Waals surface area contributed by atoms with Gasteiger partial charge in [-0.1, -0.05) is 6.92 Å². The fourth-order valence-corrected chi connectivity index (χ4v) is 2.72. The summed E-state index contributed by atoms with van der Waals surface area (Å²) in [7, 11) is 0. The molecule has 0 bridgehead atoms. The Morgan fingerprint density at radius 2 is 1.80 bits per heavy atom. The number of rotatable bonds is 2. The first kappa shape index (κ1) is 10.9. The van der Waals surface area contributed by atoms with Crippen LogP contribution in [-0.2, 0) is 4.79 Å². The topological polar surface area (TPSA) is 55.1 Å². The smallest absolute Gasteiger partial charge is 0.223 e. The molecule has 0 aliphatic heterocycles. The molecule has 3 nitrogen and oxygen atoms in total. The number of hydrogen-bond acceptors (Lipinski definition) is 2. The second kappa shape index (κ2) is 4.52. The van der Waals surface area contributed by atoms with Crippen LogP contribution in [0, 0.1) is 11.8 Å². The highest BCUT2D eigenvalue weighted by Crippen LogP contribution is 2.28. The van der Waals surface area contributed by atoms with E-state index >= 15 is 0 Å². The fraction of sp³-hybridized carbons (Fsp3) is 0.917. The minimum atomic E-state index is 0.237. The van der Waals surface area contributed by atoms with Crippen LogP contribution in [0.25, 0.3) is 0 Å². The van der Waals surface area contributed by atoms with E-state index in [1.54, 1.807) is 0 Å².